The Kier molecular flexibility index (Phi) is 6.76. The summed E-state index contributed by atoms with van der Waals surface area (Å²) in [6.07, 6.45) is -3.31. The molecule has 1 fully saturated rings. The number of aromatic amines is 1. The van der Waals surface area contributed by atoms with Crippen LogP contribution in [-0.4, -0.2) is 64.0 Å². The summed E-state index contributed by atoms with van der Waals surface area (Å²) in [5.41, 5.74) is -0.705. The number of rotatable bonds is 8. The third-order valence-corrected chi connectivity index (χ3v) is 8.50. The molecule has 0 aromatic carbocycles. The van der Waals surface area contributed by atoms with Gasteiger partial charge < -0.3 is 34.5 Å². The lowest BCUT2D eigenvalue weighted by Gasteiger charge is -2.37. The maximum absolute atomic E-state index is 12.7. The topological polar surface area (TPSA) is 167 Å². The van der Waals surface area contributed by atoms with Crippen molar-refractivity contribution < 1.29 is 34.0 Å². The van der Waals surface area contributed by atoms with Crippen molar-refractivity contribution in [2.45, 2.75) is 89.4 Å². The summed E-state index contributed by atoms with van der Waals surface area (Å²) in [6.45, 7) is 7.91. The zero-order chi connectivity index (χ0) is 24.1. The van der Waals surface area contributed by atoms with Crippen LogP contribution in [0.3, 0.4) is 0 Å². The number of nitrogens with zero attached hydrogens (tertiary/aromatic N) is 2. The van der Waals surface area contributed by atoms with E-state index in [0.717, 1.165) is 10.3 Å². The third kappa shape index (κ3) is 4.56. The van der Waals surface area contributed by atoms with Crippen LogP contribution in [0.25, 0.3) is 11.0 Å². The molecule has 180 valence electrons. The molecule has 0 saturated carbocycles. The number of aromatic nitrogens is 3. The first-order chi connectivity index (χ1) is 14.7. The van der Waals surface area contributed by atoms with Crippen LogP contribution in [0.4, 0.5) is 0 Å². The molecule has 0 spiro atoms. The number of aryl methyl sites for hydroxylation is 1. The third-order valence-electron chi connectivity index (χ3n) is 6.28. The van der Waals surface area contributed by atoms with E-state index in [9.17, 15) is 29.6 Å². The van der Waals surface area contributed by atoms with Gasteiger partial charge in [-0.2, -0.15) is 4.98 Å². The van der Waals surface area contributed by atoms with Crippen molar-refractivity contribution in [3.8, 4) is 0 Å². The lowest BCUT2D eigenvalue weighted by atomic mass is 9.93. The number of hydrogen-bond donors (Lipinski definition) is 5. The van der Waals surface area contributed by atoms with E-state index in [2.05, 4.69) is 9.97 Å². The second-order valence-electron chi connectivity index (χ2n) is 8.92. The molecule has 12 heteroatoms. The van der Waals surface area contributed by atoms with Gasteiger partial charge in [0.05, 0.1) is 11.7 Å². The molecule has 2 unspecified atom stereocenters. The summed E-state index contributed by atoms with van der Waals surface area (Å²) in [5, 5.41) is 30.2. The van der Waals surface area contributed by atoms with Crippen LogP contribution < -0.4 is 5.69 Å². The average Bonchev–Trinajstić information content (AvgIpc) is 3.19. The van der Waals surface area contributed by atoms with Crippen LogP contribution in [0, 0.1) is 6.92 Å². The molecule has 32 heavy (non-hydrogen) atoms. The molecular formula is C20H32N3O8P. The Morgan fingerprint density at radius 2 is 1.94 bits per heavy atom. The van der Waals surface area contributed by atoms with Crippen LogP contribution in [0.1, 0.15) is 58.9 Å². The first-order valence-corrected chi connectivity index (χ1v) is 12.2. The molecular weight excluding hydrogens is 441 g/mol. The number of H-pyrrole nitrogens is 1. The average molecular weight is 473 g/mol. The SMILES string of the molecule is CCC(C)(C[C@H]1O[C@@H](n2cc3cc(C)[nH]c3nc2=O)[C@H](O)[C@@H]1O)OP(=O)(O)[C@](C)(O)CC. The molecule has 7 atom stereocenters. The van der Waals surface area contributed by atoms with E-state index in [1.165, 1.54) is 13.1 Å². The van der Waals surface area contributed by atoms with E-state index < -0.39 is 48.8 Å². The minimum atomic E-state index is -4.44. The Hall–Kier alpha value is -1.59. The fourth-order valence-corrected chi connectivity index (χ4v) is 5.12. The van der Waals surface area contributed by atoms with E-state index >= 15 is 0 Å². The fourth-order valence-electron chi connectivity index (χ4n) is 3.72. The molecule has 11 nitrogen and oxygen atoms in total. The van der Waals surface area contributed by atoms with Gasteiger partial charge in [-0.25, -0.2) is 4.79 Å². The molecule has 3 rings (SSSR count). The predicted molar refractivity (Wildman–Crippen MR) is 116 cm³/mol. The van der Waals surface area contributed by atoms with E-state index in [1.807, 2.05) is 6.92 Å². The highest BCUT2D eigenvalue weighted by Gasteiger charge is 2.50. The highest BCUT2D eigenvalue weighted by molar-refractivity contribution is 7.54. The van der Waals surface area contributed by atoms with Crippen molar-refractivity contribution in [2.24, 2.45) is 0 Å². The maximum Gasteiger partial charge on any atom is 0.359 e. The lowest BCUT2D eigenvalue weighted by molar-refractivity contribution is -0.0712. The van der Waals surface area contributed by atoms with Crippen LogP contribution in [-0.2, 0) is 13.8 Å². The Bertz CT molecular complexity index is 1080. The van der Waals surface area contributed by atoms with E-state index in [1.54, 1.807) is 26.8 Å². The van der Waals surface area contributed by atoms with Gasteiger partial charge in [-0.05, 0) is 39.7 Å². The summed E-state index contributed by atoms with van der Waals surface area (Å²) < 4.78 is 25.1. The number of nitrogens with one attached hydrogen (secondary N) is 1. The van der Waals surface area contributed by atoms with Crippen LogP contribution in [0.5, 0.6) is 0 Å². The van der Waals surface area contributed by atoms with Crippen molar-refractivity contribution in [3.05, 3.63) is 28.4 Å². The molecule has 0 radical (unpaired) electrons. The van der Waals surface area contributed by atoms with Gasteiger partial charge in [-0.1, -0.05) is 13.8 Å². The summed E-state index contributed by atoms with van der Waals surface area (Å²) in [4.78, 5) is 29.8. The van der Waals surface area contributed by atoms with Gasteiger partial charge in [-0.3, -0.25) is 9.13 Å². The normalized spacial score (nSPS) is 29.5. The van der Waals surface area contributed by atoms with E-state index in [0.29, 0.717) is 11.0 Å². The van der Waals surface area contributed by atoms with Crippen LogP contribution in [0.15, 0.2) is 17.1 Å². The molecule has 2 aromatic rings. The number of aliphatic hydroxyl groups excluding tert-OH is 2. The van der Waals surface area contributed by atoms with Crippen LogP contribution >= 0.6 is 7.60 Å². The number of hydrogen-bond acceptors (Lipinski definition) is 8. The largest absolute Gasteiger partial charge is 0.388 e. The molecule has 1 aliphatic rings. The van der Waals surface area contributed by atoms with Crippen molar-refractivity contribution in [3.63, 3.8) is 0 Å². The highest BCUT2D eigenvalue weighted by atomic mass is 31.2. The van der Waals surface area contributed by atoms with Gasteiger partial charge in [-0.15, -0.1) is 0 Å². The summed E-state index contributed by atoms with van der Waals surface area (Å²) in [5.74, 6) is 0. The van der Waals surface area contributed by atoms with Crippen molar-refractivity contribution >= 4 is 18.6 Å². The Balaban J connectivity index is 1.85. The minimum Gasteiger partial charge on any atom is -0.388 e. The summed E-state index contributed by atoms with van der Waals surface area (Å²) >= 11 is 0. The van der Waals surface area contributed by atoms with Gasteiger partial charge >= 0.3 is 13.3 Å². The van der Waals surface area contributed by atoms with E-state index in [4.69, 9.17) is 9.26 Å². The molecule has 3 heterocycles. The first kappa shape index (κ1) is 25.0. The van der Waals surface area contributed by atoms with Crippen LogP contribution in [0.2, 0.25) is 0 Å². The zero-order valence-electron chi connectivity index (χ0n) is 18.8. The van der Waals surface area contributed by atoms with Crippen molar-refractivity contribution in [1.29, 1.82) is 0 Å². The van der Waals surface area contributed by atoms with Gasteiger partial charge in [0.2, 0.25) is 0 Å². The summed E-state index contributed by atoms with van der Waals surface area (Å²) in [6, 6.07) is 1.79. The Labute approximate surface area is 185 Å². The highest BCUT2D eigenvalue weighted by Crippen LogP contribution is 2.59. The van der Waals surface area contributed by atoms with Gasteiger partial charge in [0.25, 0.3) is 0 Å². The van der Waals surface area contributed by atoms with Crippen molar-refractivity contribution in [1.82, 2.24) is 14.5 Å². The summed E-state index contributed by atoms with van der Waals surface area (Å²) in [7, 11) is -4.44. The zero-order valence-corrected chi connectivity index (χ0v) is 19.7. The molecule has 1 aliphatic heterocycles. The first-order valence-electron chi connectivity index (χ1n) is 10.6. The fraction of sp³-hybridized carbons (Fsp3) is 0.700. The minimum absolute atomic E-state index is 0.000930. The molecule has 5 N–H and O–H groups in total. The van der Waals surface area contributed by atoms with E-state index in [-0.39, 0.29) is 19.3 Å². The number of aliphatic hydroxyl groups is 3. The monoisotopic (exact) mass is 473 g/mol. The van der Waals surface area contributed by atoms with Gasteiger partial charge in [0.15, 0.2) is 11.6 Å². The quantitative estimate of drug-likeness (QED) is 0.357. The molecule has 0 amide bonds. The lowest BCUT2D eigenvalue weighted by Crippen LogP contribution is -2.40. The Morgan fingerprint density at radius 3 is 2.53 bits per heavy atom. The number of ether oxygens (including phenoxy) is 1. The van der Waals surface area contributed by atoms with Crippen molar-refractivity contribution in [2.75, 3.05) is 0 Å². The predicted octanol–water partition coefficient (Wildman–Crippen LogP) is 1.53. The number of fused-ring (bicyclic) bond motifs is 1. The maximum atomic E-state index is 12.7. The smallest absolute Gasteiger partial charge is 0.359 e. The molecule has 1 saturated heterocycles. The standard InChI is InChI=1S/C20H32N3O8P/c1-6-19(4,31-32(28,29)20(5,27)7-2)9-13-14(24)15(25)17(30-13)23-10-12-8-11(3)21-16(12)22-18(23)26/h8,10,13-15,17,24-25,27H,6-7,9H2,1-5H3,(H,28,29)(H,21,22,26)/t13-,14-,15-,17-,19?,20+/m1/s1. The second kappa shape index (κ2) is 8.64. The second-order valence-corrected chi connectivity index (χ2v) is 11.1. The molecule has 0 aliphatic carbocycles. The van der Waals surface area contributed by atoms with Gasteiger partial charge in [0, 0.05) is 23.7 Å². The van der Waals surface area contributed by atoms with Gasteiger partial charge in [0.1, 0.15) is 17.9 Å². The Morgan fingerprint density at radius 1 is 1.28 bits per heavy atom. The molecule has 0 bridgehead atoms. The molecule has 2 aromatic heterocycles.